The lowest BCUT2D eigenvalue weighted by Gasteiger charge is -2.10. The summed E-state index contributed by atoms with van der Waals surface area (Å²) in [6, 6.07) is 7.04. The van der Waals surface area contributed by atoms with E-state index in [-0.39, 0.29) is 31.9 Å². The number of aliphatic carboxylic acids is 1. The first-order valence-electron chi connectivity index (χ1n) is 6.35. The topological polar surface area (TPSA) is 63.6 Å². The molecule has 0 aliphatic rings. The summed E-state index contributed by atoms with van der Waals surface area (Å²) in [5.41, 5.74) is 0.395. The molecule has 0 unspecified atom stereocenters. The summed E-state index contributed by atoms with van der Waals surface area (Å²) in [6.45, 7) is 0. The zero-order valence-electron chi connectivity index (χ0n) is 11.7. The molecule has 2 aromatic carbocycles. The van der Waals surface area contributed by atoms with Crippen LogP contribution in [0.15, 0.2) is 36.4 Å². The molecule has 1 N–H and O–H groups in total. The van der Waals surface area contributed by atoms with Crippen molar-refractivity contribution in [2.45, 2.75) is 0 Å². The van der Waals surface area contributed by atoms with Gasteiger partial charge in [0.15, 0.2) is 5.75 Å². The number of ether oxygens (including phenoxy) is 1. The average molecular weight is 406 g/mol. The molecule has 0 saturated heterocycles. The Kier molecular flexibility index (Phi) is 6.13. The molecule has 0 aliphatic carbocycles. The van der Waals surface area contributed by atoms with Crippen molar-refractivity contribution in [2.75, 3.05) is 0 Å². The number of carbonyl (C=O) groups excluding carboxylic acids is 1. The Bertz CT molecular complexity index is 846. The molecule has 0 saturated carbocycles. The molecular weight excluding hydrogens is 398 g/mol. The highest BCUT2D eigenvalue weighted by molar-refractivity contribution is 6.42. The van der Waals surface area contributed by atoms with E-state index >= 15 is 0 Å². The van der Waals surface area contributed by atoms with Gasteiger partial charge in [0.05, 0.1) is 20.6 Å². The van der Waals surface area contributed by atoms with Crippen molar-refractivity contribution in [3.8, 4) is 5.75 Å². The van der Waals surface area contributed by atoms with Crippen LogP contribution in [0.1, 0.15) is 15.9 Å². The fraction of sp³-hybridized carbons (Fsp3) is 0. The molecule has 0 amide bonds. The third kappa shape index (κ3) is 4.65. The van der Waals surface area contributed by atoms with E-state index in [1.807, 2.05) is 0 Å². The van der Waals surface area contributed by atoms with Crippen molar-refractivity contribution < 1.29 is 19.4 Å². The van der Waals surface area contributed by atoms with Gasteiger partial charge in [-0.15, -0.1) is 0 Å². The first-order valence-corrected chi connectivity index (χ1v) is 7.86. The van der Waals surface area contributed by atoms with Crippen LogP contribution in [0.5, 0.6) is 5.75 Å². The second kappa shape index (κ2) is 7.90. The van der Waals surface area contributed by atoms with E-state index < -0.39 is 11.9 Å². The van der Waals surface area contributed by atoms with Gasteiger partial charge in [0, 0.05) is 16.7 Å². The van der Waals surface area contributed by atoms with Crippen molar-refractivity contribution in [1.29, 1.82) is 0 Å². The van der Waals surface area contributed by atoms with Gasteiger partial charge in [0.25, 0.3) is 0 Å². The van der Waals surface area contributed by atoms with Gasteiger partial charge >= 0.3 is 11.9 Å². The molecule has 24 heavy (non-hydrogen) atoms. The Morgan fingerprint density at radius 2 is 1.67 bits per heavy atom. The van der Waals surface area contributed by atoms with E-state index in [0.29, 0.717) is 5.02 Å². The Morgan fingerprint density at radius 1 is 0.958 bits per heavy atom. The first kappa shape index (κ1) is 18.6. The first-order chi connectivity index (χ1) is 11.3. The molecule has 0 aromatic heterocycles. The smallest absolute Gasteiger partial charge is 0.343 e. The quantitative estimate of drug-likeness (QED) is 0.407. The van der Waals surface area contributed by atoms with Gasteiger partial charge in [0.1, 0.15) is 0 Å². The molecule has 4 nitrogen and oxygen atoms in total. The minimum absolute atomic E-state index is 0.0189. The summed E-state index contributed by atoms with van der Waals surface area (Å²) in [5, 5.41) is 9.54. The summed E-state index contributed by atoms with van der Waals surface area (Å²) >= 11 is 23.6. The number of carboxylic acids is 1. The van der Waals surface area contributed by atoms with Crippen LogP contribution in [-0.2, 0) is 4.79 Å². The molecule has 0 heterocycles. The summed E-state index contributed by atoms with van der Waals surface area (Å²) < 4.78 is 5.27. The number of hydrogen-bond donors (Lipinski definition) is 1. The van der Waals surface area contributed by atoms with Crippen LogP contribution in [0.4, 0.5) is 0 Å². The Hall–Kier alpha value is -1.72. The zero-order chi connectivity index (χ0) is 17.9. The van der Waals surface area contributed by atoms with Crippen LogP contribution in [0.2, 0.25) is 20.1 Å². The highest BCUT2D eigenvalue weighted by atomic mass is 35.5. The van der Waals surface area contributed by atoms with Gasteiger partial charge in [-0.3, -0.25) is 0 Å². The Labute approximate surface area is 157 Å². The monoisotopic (exact) mass is 404 g/mol. The minimum Gasteiger partial charge on any atom is -0.478 e. The van der Waals surface area contributed by atoms with Gasteiger partial charge in [-0.25, -0.2) is 9.59 Å². The van der Waals surface area contributed by atoms with Gasteiger partial charge in [-0.05, 0) is 36.4 Å². The summed E-state index contributed by atoms with van der Waals surface area (Å²) in [6.07, 6.45) is 2.09. The number of halogens is 4. The summed E-state index contributed by atoms with van der Waals surface area (Å²) in [7, 11) is 0. The van der Waals surface area contributed by atoms with Gasteiger partial charge in [-0.2, -0.15) is 0 Å². The number of benzene rings is 2. The van der Waals surface area contributed by atoms with E-state index in [1.165, 1.54) is 36.4 Å². The van der Waals surface area contributed by atoms with E-state index in [4.69, 9.17) is 56.2 Å². The molecule has 0 spiro atoms. The second-order valence-electron chi connectivity index (χ2n) is 4.50. The predicted molar refractivity (Wildman–Crippen MR) is 94.6 cm³/mol. The molecule has 0 fully saturated rings. The third-order valence-electron chi connectivity index (χ3n) is 2.79. The van der Waals surface area contributed by atoms with E-state index in [9.17, 15) is 9.59 Å². The van der Waals surface area contributed by atoms with Gasteiger partial charge in [0.2, 0.25) is 0 Å². The number of esters is 1. The Balaban J connectivity index is 2.39. The van der Waals surface area contributed by atoms with E-state index in [2.05, 4.69) is 0 Å². The highest BCUT2D eigenvalue weighted by Crippen LogP contribution is 2.34. The number of carbonyl (C=O) groups is 2. The van der Waals surface area contributed by atoms with Gasteiger partial charge in [-0.1, -0.05) is 46.4 Å². The number of hydrogen-bond acceptors (Lipinski definition) is 3. The maximum atomic E-state index is 12.2. The van der Waals surface area contributed by atoms with E-state index in [1.54, 1.807) is 0 Å². The molecule has 8 heteroatoms. The zero-order valence-corrected chi connectivity index (χ0v) is 14.7. The molecular formula is C16H8Cl4O4. The normalized spacial score (nSPS) is 10.8. The maximum Gasteiger partial charge on any atom is 0.343 e. The van der Waals surface area contributed by atoms with Crippen molar-refractivity contribution in [1.82, 2.24) is 0 Å². The molecule has 0 radical (unpaired) electrons. The average Bonchev–Trinajstić information content (AvgIpc) is 2.50. The van der Waals surface area contributed by atoms with Crippen molar-refractivity contribution in [3.63, 3.8) is 0 Å². The summed E-state index contributed by atoms with van der Waals surface area (Å²) in [5.74, 6) is -1.93. The van der Waals surface area contributed by atoms with Crippen molar-refractivity contribution in [2.24, 2.45) is 0 Å². The predicted octanol–water partition coefficient (Wildman–Crippen LogP) is 5.62. The molecule has 2 rings (SSSR count). The fourth-order valence-electron chi connectivity index (χ4n) is 1.75. The van der Waals surface area contributed by atoms with Crippen LogP contribution in [0.3, 0.4) is 0 Å². The van der Waals surface area contributed by atoms with Crippen molar-refractivity contribution >= 4 is 64.4 Å². The van der Waals surface area contributed by atoms with Crippen molar-refractivity contribution in [3.05, 3.63) is 67.6 Å². The molecule has 0 aliphatic heterocycles. The molecule has 124 valence electrons. The standard InChI is InChI=1S/C16H8Cl4O4/c17-10-5-8(2-4-14(21)22)15(13(20)7-10)24-16(23)9-1-3-11(18)12(19)6-9/h1-7H,(H,21,22)/b4-2+. The highest BCUT2D eigenvalue weighted by Gasteiger charge is 2.16. The lowest BCUT2D eigenvalue weighted by molar-refractivity contribution is -0.131. The maximum absolute atomic E-state index is 12.2. The van der Waals surface area contributed by atoms with Gasteiger partial charge < -0.3 is 9.84 Å². The molecule has 2 aromatic rings. The lowest BCUT2D eigenvalue weighted by Crippen LogP contribution is -2.09. The SMILES string of the molecule is O=C(O)/C=C/c1cc(Cl)cc(Cl)c1OC(=O)c1ccc(Cl)c(Cl)c1. The Morgan fingerprint density at radius 3 is 2.29 bits per heavy atom. The number of rotatable bonds is 4. The fourth-order valence-corrected chi connectivity index (χ4v) is 2.59. The van der Waals surface area contributed by atoms with E-state index in [0.717, 1.165) is 6.08 Å². The molecule has 0 atom stereocenters. The van der Waals surface area contributed by atoms with Crippen LogP contribution in [0, 0.1) is 0 Å². The second-order valence-corrected chi connectivity index (χ2v) is 6.15. The van der Waals surface area contributed by atoms with Crippen LogP contribution >= 0.6 is 46.4 Å². The molecule has 0 bridgehead atoms. The largest absolute Gasteiger partial charge is 0.478 e. The summed E-state index contributed by atoms with van der Waals surface area (Å²) in [4.78, 5) is 22.9. The third-order valence-corrected chi connectivity index (χ3v) is 4.03. The lowest BCUT2D eigenvalue weighted by atomic mass is 10.1. The number of carboxylic acid groups (broad SMARTS) is 1. The minimum atomic E-state index is -1.17. The van der Waals surface area contributed by atoms with Crippen LogP contribution in [0.25, 0.3) is 6.08 Å². The van der Waals surface area contributed by atoms with Crippen LogP contribution in [-0.4, -0.2) is 17.0 Å². The van der Waals surface area contributed by atoms with Crippen LogP contribution < -0.4 is 4.74 Å².